The number of hydrogen-bond donors (Lipinski definition) is 2. The number of halogens is 1. The summed E-state index contributed by atoms with van der Waals surface area (Å²) in [6.07, 6.45) is 6.22. The summed E-state index contributed by atoms with van der Waals surface area (Å²) in [6, 6.07) is 6.52. The second kappa shape index (κ2) is 7.30. The SMILES string of the molecule is CC(N)c1ccc(N(CCO)C2CCCCC2)c(Cl)c1. The zero-order valence-electron chi connectivity index (χ0n) is 12.2. The van der Waals surface area contributed by atoms with Crippen LogP contribution in [0.25, 0.3) is 0 Å². The van der Waals surface area contributed by atoms with Crippen LogP contribution in [0.4, 0.5) is 5.69 Å². The molecule has 1 aliphatic rings. The van der Waals surface area contributed by atoms with E-state index in [2.05, 4.69) is 4.90 Å². The quantitative estimate of drug-likeness (QED) is 0.874. The van der Waals surface area contributed by atoms with Crippen molar-refractivity contribution in [3.63, 3.8) is 0 Å². The lowest BCUT2D eigenvalue weighted by Crippen LogP contribution is -2.39. The number of aliphatic hydroxyl groups excluding tert-OH is 1. The minimum atomic E-state index is -0.0116. The molecule has 1 atom stereocenters. The lowest BCUT2D eigenvalue weighted by molar-refractivity contribution is 0.290. The average Bonchev–Trinajstić information content (AvgIpc) is 2.46. The molecule has 1 aliphatic carbocycles. The molecule has 1 fully saturated rings. The fourth-order valence-electron chi connectivity index (χ4n) is 3.04. The van der Waals surface area contributed by atoms with E-state index in [1.54, 1.807) is 0 Å². The summed E-state index contributed by atoms with van der Waals surface area (Å²) in [5.41, 5.74) is 7.97. The fraction of sp³-hybridized carbons (Fsp3) is 0.625. The molecule has 0 bridgehead atoms. The molecule has 0 amide bonds. The minimum absolute atomic E-state index is 0.0116. The van der Waals surface area contributed by atoms with E-state index in [0.29, 0.717) is 12.6 Å². The van der Waals surface area contributed by atoms with Gasteiger partial charge in [0.1, 0.15) is 0 Å². The Morgan fingerprint density at radius 2 is 2.05 bits per heavy atom. The van der Waals surface area contributed by atoms with Crippen LogP contribution in [0.5, 0.6) is 0 Å². The molecular weight excluding hydrogens is 272 g/mol. The van der Waals surface area contributed by atoms with Gasteiger partial charge in [0.25, 0.3) is 0 Å². The average molecular weight is 297 g/mol. The van der Waals surface area contributed by atoms with Crippen LogP contribution in [0.15, 0.2) is 18.2 Å². The molecule has 1 saturated carbocycles. The summed E-state index contributed by atoms with van der Waals surface area (Å²) in [7, 11) is 0. The Kier molecular flexibility index (Phi) is 5.70. The summed E-state index contributed by atoms with van der Waals surface area (Å²) in [4.78, 5) is 2.27. The number of nitrogens with zero attached hydrogens (tertiary/aromatic N) is 1. The summed E-state index contributed by atoms with van der Waals surface area (Å²) >= 11 is 6.44. The molecule has 3 nitrogen and oxygen atoms in total. The lowest BCUT2D eigenvalue weighted by Gasteiger charge is -2.36. The van der Waals surface area contributed by atoms with E-state index in [9.17, 15) is 5.11 Å². The molecule has 2 rings (SSSR count). The highest BCUT2D eigenvalue weighted by Gasteiger charge is 2.22. The first-order valence-corrected chi connectivity index (χ1v) is 7.94. The molecule has 0 spiro atoms. The van der Waals surface area contributed by atoms with Gasteiger partial charge in [-0.05, 0) is 37.5 Å². The third-order valence-corrected chi connectivity index (χ3v) is 4.47. The molecule has 20 heavy (non-hydrogen) atoms. The first-order valence-electron chi connectivity index (χ1n) is 7.56. The van der Waals surface area contributed by atoms with Crippen molar-refractivity contribution in [2.24, 2.45) is 5.73 Å². The van der Waals surface area contributed by atoms with Crippen molar-refractivity contribution < 1.29 is 5.11 Å². The summed E-state index contributed by atoms with van der Waals surface area (Å²) in [5.74, 6) is 0. The topological polar surface area (TPSA) is 49.5 Å². The molecule has 1 aromatic rings. The highest BCUT2D eigenvalue weighted by Crippen LogP contribution is 2.33. The molecule has 0 aromatic heterocycles. The standard InChI is InChI=1S/C16H25ClN2O/c1-12(18)13-7-8-16(15(17)11-13)19(9-10-20)14-5-3-2-4-6-14/h7-8,11-12,14,20H,2-6,9-10,18H2,1H3. The lowest BCUT2D eigenvalue weighted by atomic mass is 9.93. The maximum Gasteiger partial charge on any atom is 0.0643 e. The molecule has 1 aromatic carbocycles. The first-order chi connectivity index (χ1) is 9.63. The van der Waals surface area contributed by atoms with Crippen LogP contribution in [-0.2, 0) is 0 Å². The van der Waals surface area contributed by atoms with Crippen LogP contribution >= 0.6 is 11.6 Å². The Balaban J connectivity index is 2.24. The van der Waals surface area contributed by atoms with Crippen molar-refractivity contribution in [3.8, 4) is 0 Å². The normalized spacial score (nSPS) is 18.0. The van der Waals surface area contributed by atoms with Crippen molar-refractivity contribution in [1.82, 2.24) is 0 Å². The highest BCUT2D eigenvalue weighted by molar-refractivity contribution is 6.33. The maximum absolute atomic E-state index is 9.36. The predicted molar refractivity (Wildman–Crippen MR) is 85.4 cm³/mol. The van der Waals surface area contributed by atoms with Gasteiger partial charge in [0.05, 0.1) is 17.3 Å². The van der Waals surface area contributed by atoms with Gasteiger partial charge >= 0.3 is 0 Å². The monoisotopic (exact) mass is 296 g/mol. The molecule has 0 aliphatic heterocycles. The van der Waals surface area contributed by atoms with Crippen molar-refractivity contribution in [2.45, 2.75) is 51.1 Å². The van der Waals surface area contributed by atoms with E-state index >= 15 is 0 Å². The zero-order chi connectivity index (χ0) is 14.5. The minimum Gasteiger partial charge on any atom is -0.395 e. The molecule has 0 radical (unpaired) electrons. The first kappa shape index (κ1) is 15.6. The van der Waals surface area contributed by atoms with Crippen LogP contribution in [0.2, 0.25) is 5.02 Å². The van der Waals surface area contributed by atoms with Crippen LogP contribution in [0, 0.1) is 0 Å². The predicted octanol–water partition coefficient (Wildman–Crippen LogP) is 3.49. The van der Waals surface area contributed by atoms with Crippen molar-refractivity contribution >= 4 is 17.3 Å². The Labute approximate surface area is 126 Å². The van der Waals surface area contributed by atoms with Crippen LogP contribution in [0.3, 0.4) is 0 Å². The second-order valence-electron chi connectivity index (χ2n) is 5.71. The van der Waals surface area contributed by atoms with Crippen molar-refractivity contribution in [2.75, 3.05) is 18.1 Å². The van der Waals surface area contributed by atoms with Gasteiger partial charge in [-0.15, -0.1) is 0 Å². The molecule has 1 unspecified atom stereocenters. The smallest absolute Gasteiger partial charge is 0.0643 e. The van der Waals surface area contributed by atoms with Gasteiger partial charge in [-0.25, -0.2) is 0 Å². The van der Waals surface area contributed by atoms with Crippen molar-refractivity contribution in [1.29, 1.82) is 0 Å². The summed E-state index contributed by atoms with van der Waals surface area (Å²) < 4.78 is 0. The zero-order valence-corrected chi connectivity index (χ0v) is 12.9. The maximum atomic E-state index is 9.36. The van der Waals surface area contributed by atoms with E-state index < -0.39 is 0 Å². The van der Waals surface area contributed by atoms with E-state index in [-0.39, 0.29) is 12.6 Å². The molecule has 4 heteroatoms. The summed E-state index contributed by atoms with van der Waals surface area (Å²) in [5, 5.41) is 10.1. The van der Waals surface area contributed by atoms with Gasteiger partial charge in [-0.2, -0.15) is 0 Å². The molecule has 3 N–H and O–H groups in total. The van der Waals surface area contributed by atoms with Crippen LogP contribution < -0.4 is 10.6 Å². The van der Waals surface area contributed by atoms with Gasteiger partial charge in [0.15, 0.2) is 0 Å². The number of hydrogen-bond acceptors (Lipinski definition) is 3. The Morgan fingerprint density at radius 3 is 2.60 bits per heavy atom. The van der Waals surface area contributed by atoms with Gasteiger partial charge in [0, 0.05) is 18.6 Å². The third kappa shape index (κ3) is 3.66. The molecule has 112 valence electrons. The van der Waals surface area contributed by atoms with E-state index in [0.717, 1.165) is 16.3 Å². The second-order valence-corrected chi connectivity index (χ2v) is 6.12. The number of benzene rings is 1. The van der Waals surface area contributed by atoms with Crippen molar-refractivity contribution in [3.05, 3.63) is 28.8 Å². The number of anilines is 1. The van der Waals surface area contributed by atoms with Crippen LogP contribution in [0.1, 0.15) is 50.6 Å². The molecule has 0 saturated heterocycles. The number of aliphatic hydroxyl groups is 1. The Hall–Kier alpha value is -0.770. The number of rotatable bonds is 5. The Morgan fingerprint density at radius 1 is 1.35 bits per heavy atom. The van der Waals surface area contributed by atoms with Gasteiger partial charge in [0.2, 0.25) is 0 Å². The Bertz CT molecular complexity index is 430. The number of nitrogens with two attached hydrogens (primary N) is 1. The van der Waals surface area contributed by atoms with E-state index in [1.807, 2.05) is 25.1 Å². The highest BCUT2D eigenvalue weighted by atomic mass is 35.5. The third-order valence-electron chi connectivity index (χ3n) is 4.16. The molecular formula is C16H25ClN2O. The van der Waals surface area contributed by atoms with Gasteiger partial charge in [-0.1, -0.05) is 36.9 Å². The summed E-state index contributed by atoms with van der Waals surface area (Å²) in [6.45, 7) is 2.75. The van der Waals surface area contributed by atoms with E-state index in [1.165, 1.54) is 32.1 Å². The fourth-order valence-corrected chi connectivity index (χ4v) is 3.34. The van der Waals surface area contributed by atoms with Gasteiger partial charge in [-0.3, -0.25) is 0 Å². The van der Waals surface area contributed by atoms with Crippen LogP contribution in [-0.4, -0.2) is 24.3 Å². The largest absolute Gasteiger partial charge is 0.395 e. The van der Waals surface area contributed by atoms with E-state index in [4.69, 9.17) is 17.3 Å². The van der Waals surface area contributed by atoms with Gasteiger partial charge < -0.3 is 15.7 Å². The molecule has 0 heterocycles.